The minimum Gasteiger partial charge on any atom is -0.382 e. The summed E-state index contributed by atoms with van der Waals surface area (Å²) in [4.78, 5) is 6.24. The second-order valence-electron chi connectivity index (χ2n) is 5.10. The Bertz CT molecular complexity index is 748. The molecule has 21 heavy (non-hydrogen) atoms. The maximum Gasteiger partial charge on any atom is 0.182 e. The minimum atomic E-state index is -3.47. The standard InChI is InChI=1S/C13H17N5O2S/c1-21(19,20)11-12(14)18(10-6-2-3-7-15-10)16-13(11)17-8-4-5-9-17/h2-3,6-7H,4-5,8-9,14H2,1H3. The van der Waals surface area contributed by atoms with E-state index in [9.17, 15) is 8.42 Å². The molecule has 0 radical (unpaired) electrons. The van der Waals surface area contributed by atoms with Crippen LogP contribution in [0.25, 0.3) is 5.82 Å². The van der Waals surface area contributed by atoms with Gasteiger partial charge in [-0.3, -0.25) is 0 Å². The Morgan fingerprint density at radius 2 is 1.95 bits per heavy atom. The van der Waals surface area contributed by atoms with Crippen LogP contribution >= 0.6 is 0 Å². The van der Waals surface area contributed by atoms with Gasteiger partial charge in [-0.15, -0.1) is 5.10 Å². The van der Waals surface area contributed by atoms with Gasteiger partial charge in [0.15, 0.2) is 26.4 Å². The molecule has 0 amide bonds. The molecule has 1 aliphatic heterocycles. The predicted molar refractivity (Wildman–Crippen MR) is 80.3 cm³/mol. The van der Waals surface area contributed by atoms with E-state index in [1.807, 2.05) is 4.90 Å². The van der Waals surface area contributed by atoms with Crippen molar-refractivity contribution in [1.29, 1.82) is 0 Å². The van der Waals surface area contributed by atoms with Gasteiger partial charge in [-0.2, -0.15) is 4.68 Å². The Morgan fingerprint density at radius 1 is 1.24 bits per heavy atom. The van der Waals surface area contributed by atoms with Crippen molar-refractivity contribution >= 4 is 21.5 Å². The first-order valence-electron chi connectivity index (χ1n) is 6.73. The van der Waals surface area contributed by atoms with E-state index in [0.717, 1.165) is 32.2 Å². The highest BCUT2D eigenvalue weighted by Crippen LogP contribution is 2.33. The summed E-state index contributed by atoms with van der Waals surface area (Å²) in [5.41, 5.74) is 6.04. The van der Waals surface area contributed by atoms with Gasteiger partial charge in [0.2, 0.25) is 0 Å². The minimum absolute atomic E-state index is 0.0926. The van der Waals surface area contributed by atoms with Gasteiger partial charge in [0.25, 0.3) is 0 Å². The van der Waals surface area contributed by atoms with E-state index >= 15 is 0 Å². The first kappa shape index (κ1) is 13.9. The Kier molecular flexibility index (Phi) is 3.32. The Labute approximate surface area is 123 Å². The topological polar surface area (TPSA) is 94.1 Å². The van der Waals surface area contributed by atoms with E-state index in [4.69, 9.17) is 5.73 Å². The molecule has 0 bridgehead atoms. The Balaban J connectivity index is 2.20. The average Bonchev–Trinajstić information content (AvgIpc) is 3.05. The van der Waals surface area contributed by atoms with Crippen LogP contribution in [0.3, 0.4) is 0 Å². The number of aromatic nitrogens is 3. The summed E-state index contributed by atoms with van der Waals surface area (Å²) >= 11 is 0. The highest BCUT2D eigenvalue weighted by Gasteiger charge is 2.29. The van der Waals surface area contributed by atoms with Crippen LogP contribution in [0, 0.1) is 0 Å². The number of hydrogen-bond acceptors (Lipinski definition) is 6. The van der Waals surface area contributed by atoms with E-state index in [2.05, 4.69) is 10.1 Å². The number of pyridine rings is 1. The van der Waals surface area contributed by atoms with Crippen molar-refractivity contribution in [2.45, 2.75) is 17.7 Å². The molecule has 0 atom stereocenters. The SMILES string of the molecule is CS(=O)(=O)c1c(N2CCCC2)nn(-c2ccccn2)c1N. The molecule has 1 saturated heterocycles. The molecule has 3 heterocycles. The van der Waals surface area contributed by atoms with Crippen molar-refractivity contribution in [1.82, 2.24) is 14.8 Å². The van der Waals surface area contributed by atoms with Crippen LogP contribution in [0.2, 0.25) is 0 Å². The molecule has 112 valence electrons. The molecule has 0 aromatic carbocycles. The first-order chi connectivity index (χ1) is 9.98. The fraction of sp³-hybridized carbons (Fsp3) is 0.385. The Morgan fingerprint density at radius 3 is 2.52 bits per heavy atom. The van der Waals surface area contributed by atoms with Crippen molar-refractivity contribution in [2.24, 2.45) is 0 Å². The third-order valence-electron chi connectivity index (χ3n) is 3.50. The first-order valence-corrected chi connectivity index (χ1v) is 8.62. The average molecular weight is 307 g/mol. The predicted octanol–water partition coefficient (Wildman–Crippen LogP) is 0.853. The molecular weight excluding hydrogens is 290 g/mol. The van der Waals surface area contributed by atoms with Crippen LogP contribution < -0.4 is 10.6 Å². The number of nitrogens with two attached hydrogens (primary N) is 1. The van der Waals surface area contributed by atoms with Crippen LogP contribution in [-0.2, 0) is 9.84 Å². The summed E-state index contributed by atoms with van der Waals surface area (Å²) in [6.45, 7) is 1.59. The molecule has 0 aliphatic carbocycles. The van der Waals surface area contributed by atoms with Gasteiger partial charge in [0.1, 0.15) is 5.82 Å². The second-order valence-corrected chi connectivity index (χ2v) is 7.06. The van der Waals surface area contributed by atoms with Gasteiger partial charge in [-0.1, -0.05) is 6.07 Å². The summed E-state index contributed by atoms with van der Waals surface area (Å²) < 4.78 is 25.6. The summed E-state index contributed by atoms with van der Waals surface area (Å²) in [5, 5.41) is 4.40. The van der Waals surface area contributed by atoms with E-state index in [-0.39, 0.29) is 10.7 Å². The third kappa shape index (κ3) is 2.46. The number of anilines is 2. The fourth-order valence-electron chi connectivity index (χ4n) is 2.55. The largest absolute Gasteiger partial charge is 0.382 e. The van der Waals surface area contributed by atoms with Crippen molar-refractivity contribution in [2.75, 3.05) is 30.0 Å². The zero-order chi connectivity index (χ0) is 15.0. The van der Waals surface area contributed by atoms with Crippen LogP contribution in [0.1, 0.15) is 12.8 Å². The van der Waals surface area contributed by atoms with Crippen molar-refractivity contribution < 1.29 is 8.42 Å². The van der Waals surface area contributed by atoms with Gasteiger partial charge in [-0.05, 0) is 25.0 Å². The molecule has 0 saturated carbocycles. The molecule has 0 unspecified atom stereocenters. The zero-order valence-electron chi connectivity index (χ0n) is 11.7. The van der Waals surface area contributed by atoms with Gasteiger partial charge >= 0.3 is 0 Å². The van der Waals surface area contributed by atoms with E-state index in [1.54, 1.807) is 24.4 Å². The highest BCUT2D eigenvalue weighted by molar-refractivity contribution is 7.91. The van der Waals surface area contributed by atoms with Gasteiger partial charge in [0.05, 0.1) is 0 Å². The maximum absolute atomic E-state index is 12.1. The molecule has 7 nitrogen and oxygen atoms in total. The lowest BCUT2D eigenvalue weighted by atomic mass is 10.4. The lowest BCUT2D eigenvalue weighted by Gasteiger charge is -2.15. The van der Waals surface area contributed by atoms with Crippen molar-refractivity contribution in [3.8, 4) is 5.82 Å². The fourth-order valence-corrected chi connectivity index (χ4v) is 3.52. The van der Waals surface area contributed by atoms with Crippen LogP contribution in [0.15, 0.2) is 29.3 Å². The smallest absolute Gasteiger partial charge is 0.182 e. The van der Waals surface area contributed by atoms with Crippen LogP contribution in [-0.4, -0.2) is 42.5 Å². The van der Waals surface area contributed by atoms with Gasteiger partial charge < -0.3 is 10.6 Å². The molecular formula is C13H17N5O2S. The summed E-state index contributed by atoms with van der Waals surface area (Å²) in [6.07, 6.45) is 4.83. The van der Waals surface area contributed by atoms with E-state index in [1.165, 1.54) is 4.68 Å². The number of hydrogen-bond donors (Lipinski definition) is 1. The van der Waals surface area contributed by atoms with Crippen LogP contribution in [0.4, 0.5) is 11.6 Å². The quantitative estimate of drug-likeness (QED) is 0.903. The summed E-state index contributed by atoms with van der Waals surface area (Å²) in [7, 11) is -3.47. The number of nitrogen functional groups attached to an aromatic ring is 1. The Hall–Kier alpha value is -2.09. The zero-order valence-corrected chi connectivity index (χ0v) is 12.5. The second kappa shape index (κ2) is 5.03. The summed E-state index contributed by atoms with van der Waals surface area (Å²) in [5.74, 6) is 1.04. The molecule has 2 aromatic heterocycles. The lowest BCUT2D eigenvalue weighted by Crippen LogP contribution is -2.20. The summed E-state index contributed by atoms with van der Waals surface area (Å²) in [6, 6.07) is 5.32. The molecule has 8 heteroatoms. The highest BCUT2D eigenvalue weighted by atomic mass is 32.2. The normalized spacial score (nSPS) is 15.6. The molecule has 0 spiro atoms. The van der Waals surface area contributed by atoms with Gasteiger partial charge in [0, 0.05) is 25.5 Å². The maximum atomic E-state index is 12.1. The van der Waals surface area contributed by atoms with Crippen molar-refractivity contribution in [3.63, 3.8) is 0 Å². The van der Waals surface area contributed by atoms with Crippen LogP contribution in [0.5, 0.6) is 0 Å². The molecule has 1 fully saturated rings. The molecule has 3 rings (SSSR count). The third-order valence-corrected chi connectivity index (χ3v) is 4.63. The molecule has 1 aliphatic rings. The monoisotopic (exact) mass is 307 g/mol. The van der Waals surface area contributed by atoms with E-state index in [0.29, 0.717) is 11.6 Å². The number of rotatable bonds is 3. The number of sulfone groups is 1. The lowest BCUT2D eigenvalue weighted by molar-refractivity contribution is 0.602. The van der Waals surface area contributed by atoms with Gasteiger partial charge in [-0.25, -0.2) is 13.4 Å². The molecule has 2 aromatic rings. The molecule has 2 N–H and O–H groups in total. The number of nitrogens with zero attached hydrogens (tertiary/aromatic N) is 4. The van der Waals surface area contributed by atoms with E-state index < -0.39 is 9.84 Å². The van der Waals surface area contributed by atoms with Crippen molar-refractivity contribution in [3.05, 3.63) is 24.4 Å².